The lowest BCUT2D eigenvalue weighted by Gasteiger charge is -2.47. The zero-order chi connectivity index (χ0) is 26.5. The average molecular weight is 551 g/mol. The molecule has 3 heterocycles. The van der Waals surface area contributed by atoms with Crippen molar-refractivity contribution in [3.05, 3.63) is 39.6 Å². The summed E-state index contributed by atoms with van der Waals surface area (Å²) in [5.41, 5.74) is 7.10. The number of benzene rings is 1. The molecule has 1 atom stereocenters. The number of rotatable bonds is 8. The zero-order valence-corrected chi connectivity index (χ0v) is 23.1. The highest BCUT2D eigenvalue weighted by Crippen LogP contribution is 2.30. The van der Waals surface area contributed by atoms with Crippen molar-refractivity contribution in [3.8, 4) is 5.75 Å². The molecule has 11 heteroatoms. The molecule has 9 nitrogen and oxygen atoms in total. The summed E-state index contributed by atoms with van der Waals surface area (Å²) in [6, 6.07) is 6.21. The lowest BCUT2D eigenvalue weighted by atomic mass is 9.97. The van der Waals surface area contributed by atoms with E-state index in [9.17, 15) is 9.90 Å². The largest absolute Gasteiger partial charge is 0.508 e. The van der Waals surface area contributed by atoms with Gasteiger partial charge in [0.15, 0.2) is 22.5 Å². The summed E-state index contributed by atoms with van der Waals surface area (Å²) in [6.07, 6.45) is 3.99. The Balaban J connectivity index is 1.36. The van der Waals surface area contributed by atoms with Crippen LogP contribution in [0, 0.1) is 0 Å². The smallest absolute Gasteiger partial charge is 0.273 e. The van der Waals surface area contributed by atoms with Crippen LogP contribution >= 0.6 is 23.2 Å². The summed E-state index contributed by atoms with van der Waals surface area (Å²) in [4.78, 5) is 28.3. The van der Waals surface area contributed by atoms with Crippen molar-refractivity contribution in [1.82, 2.24) is 25.1 Å². The Kier molecular flexibility index (Phi) is 9.34. The second-order valence-corrected chi connectivity index (χ2v) is 10.6. The van der Waals surface area contributed by atoms with E-state index in [2.05, 4.69) is 36.9 Å². The molecule has 0 aliphatic carbocycles. The van der Waals surface area contributed by atoms with Crippen molar-refractivity contribution in [2.24, 2.45) is 0 Å². The van der Waals surface area contributed by atoms with Gasteiger partial charge in [0.2, 0.25) is 0 Å². The van der Waals surface area contributed by atoms with Crippen molar-refractivity contribution in [2.45, 2.75) is 58.2 Å². The average Bonchev–Trinajstić information content (AvgIpc) is 2.90. The number of hydrogen-bond donors (Lipinski definition) is 3. The molecule has 4 rings (SSSR count). The highest BCUT2D eigenvalue weighted by molar-refractivity contribution is 6.32. The Morgan fingerprint density at radius 1 is 1.16 bits per heavy atom. The highest BCUT2D eigenvalue weighted by atomic mass is 35.5. The summed E-state index contributed by atoms with van der Waals surface area (Å²) in [5, 5.41) is 13.7. The Morgan fingerprint density at radius 2 is 1.92 bits per heavy atom. The third-order valence-electron chi connectivity index (χ3n) is 7.38. The molecule has 37 heavy (non-hydrogen) atoms. The minimum Gasteiger partial charge on any atom is -0.508 e. The number of anilines is 2. The first kappa shape index (κ1) is 27.7. The fourth-order valence-corrected chi connectivity index (χ4v) is 5.75. The number of nitrogens with two attached hydrogens (primary N) is 1. The zero-order valence-electron chi connectivity index (χ0n) is 21.6. The summed E-state index contributed by atoms with van der Waals surface area (Å²) in [5.74, 6) is 0.549. The molecule has 2 saturated heterocycles. The first-order valence-electron chi connectivity index (χ1n) is 13.1. The third-order valence-corrected chi connectivity index (χ3v) is 7.87. The number of hydrogen-bond acceptors (Lipinski definition) is 8. The number of nitrogen functional groups attached to an aromatic ring is 1. The van der Waals surface area contributed by atoms with Gasteiger partial charge in [-0.05, 0) is 50.9 Å². The molecule has 2 fully saturated rings. The Hall–Kier alpha value is -2.33. The van der Waals surface area contributed by atoms with E-state index in [1.807, 2.05) is 19.1 Å². The molecular formula is C26H37Cl2N7O2. The van der Waals surface area contributed by atoms with Gasteiger partial charge in [-0.1, -0.05) is 43.1 Å². The molecule has 4 N–H and O–H groups in total. The number of nitrogens with zero attached hydrogens (tertiary/aromatic N) is 5. The maximum Gasteiger partial charge on any atom is 0.273 e. The first-order chi connectivity index (χ1) is 17.8. The number of amides is 1. The van der Waals surface area contributed by atoms with Crippen molar-refractivity contribution in [3.63, 3.8) is 0 Å². The van der Waals surface area contributed by atoms with Crippen LogP contribution in [0.1, 0.15) is 55.6 Å². The van der Waals surface area contributed by atoms with E-state index in [0.717, 1.165) is 70.5 Å². The third kappa shape index (κ3) is 6.57. The fourth-order valence-electron chi connectivity index (χ4n) is 5.34. The molecule has 0 saturated carbocycles. The van der Waals surface area contributed by atoms with Crippen LogP contribution in [0.4, 0.5) is 11.6 Å². The molecule has 2 aliphatic rings. The van der Waals surface area contributed by atoms with Crippen LogP contribution < -0.4 is 16.0 Å². The van der Waals surface area contributed by atoms with Crippen LogP contribution in [-0.2, 0) is 6.54 Å². The number of nitrogens with one attached hydrogen (secondary N) is 1. The van der Waals surface area contributed by atoms with Gasteiger partial charge < -0.3 is 21.1 Å². The number of piperazine rings is 1. The number of carbonyl (C=O) groups is 1. The highest BCUT2D eigenvalue weighted by Gasteiger charge is 2.34. The van der Waals surface area contributed by atoms with Crippen molar-refractivity contribution < 1.29 is 9.90 Å². The van der Waals surface area contributed by atoms with Crippen LogP contribution in [0.2, 0.25) is 10.2 Å². The normalized spacial score (nSPS) is 19.8. The van der Waals surface area contributed by atoms with Crippen LogP contribution in [0.15, 0.2) is 18.2 Å². The number of aromatic nitrogens is 2. The molecule has 2 aromatic rings. The number of phenolic OH excluding ortho intramolecular Hbond substituents is 1. The van der Waals surface area contributed by atoms with Gasteiger partial charge in [-0.15, -0.1) is 0 Å². The number of phenols is 1. The van der Waals surface area contributed by atoms with Crippen LogP contribution in [0.25, 0.3) is 0 Å². The minimum absolute atomic E-state index is 0.0755. The molecule has 0 radical (unpaired) electrons. The van der Waals surface area contributed by atoms with Gasteiger partial charge in [0.05, 0.1) is 0 Å². The predicted octanol–water partition coefficient (Wildman–Crippen LogP) is 3.78. The van der Waals surface area contributed by atoms with E-state index >= 15 is 0 Å². The standard InChI is InChI=1S/C26H37Cl2N7O2/c1-3-9-30-26(37)22-24(29)32-25(23(28)31-22)34-12-13-35(19(4-2)16-34)20-7-10-33(11-8-20)15-17-5-6-18(27)14-21(17)36/h5-6,14,19-20,36H,3-4,7-13,15-16H2,1-2H3,(H2,29,32)(H,30,37)/t19-/m0/s1. The molecule has 202 valence electrons. The van der Waals surface area contributed by atoms with Crippen LogP contribution in [0.5, 0.6) is 5.75 Å². The van der Waals surface area contributed by atoms with E-state index in [0.29, 0.717) is 29.5 Å². The molecule has 0 unspecified atom stereocenters. The second-order valence-electron chi connectivity index (χ2n) is 9.85. The van der Waals surface area contributed by atoms with Gasteiger partial charge in [0.25, 0.3) is 5.91 Å². The molecule has 2 aliphatic heterocycles. The Morgan fingerprint density at radius 3 is 2.59 bits per heavy atom. The molecule has 1 amide bonds. The Bertz CT molecular complexity index is 1090. The predicted molar refractivity (Wildman–Crippen MR) is 148 cm³/mol. The van der Waals surface area contributed by atoms with Crippen LogP contribution in [-0.4, -0.2) is 82.1 Å². The number of carbonyl (C=O) groups excluding carboxylic acids is 1. The quantitative estimate of drug-likeness (QED) is 0.456. The topological polar surface area (TPSA) is 111 Å². The number of piperidine rings is 1. The van der Waals surface area contributed by atoms with Gasteiger partial charge in [-0.3, -0.25) is 14.6 Å². The van der Waals surface area contributed by atoms with E-state index in [4.69, 9.17) is 28.9 Å². The fraction of sp³-hybridized carbons (Fsp3) is 0.577. The van der Waals surface area contributed by atoms with E-state index in [1.54, 1.807) is 6.07 Å². The molecule has 1 aromatic heterocycles. The summed E-state index contributed by atoms with van der Waals surface area (Å²) < 4.78 is 0. The second kappa shape index (κ2) is 12.5. The van der Waals surface area contributed by atoms with Crippen molar-refractivity contribution >= 4 is 40.7 Å². The van der Waals surface area contributed by atoms with E-state index in [-0.39, 0.29) is 28.3 Å². The maximum absolute atomic E-state index is 12.3. The summed E-state index contributed by atoms with van der Waals surface area (Å²) in [6.45, 7) is 9.88. The van der Waals surface area contributed by atoms with Gasteiger partial charge in [0.1, 0.15) is 5.75 Å². The number of aromatic hydroxyl groups is 1. The summed E-state index contributed by atoms with van der Waals surface area (Å²) >= 11 is 12.5. The van der Waals surface area contributed by atoms with Gasteiger partial charge in [-0.2, -0.15) is 0 Å². The lowest BCUT2D eigenvalue weighted by Crippen LogP contribution is -2.58. The molecule has 0 bridgehead atoms. The SMILES string of the molecule is CCCNC(=O)c1nc(Cl)c(N2CCN(C3CCN(Cc4ccc(Cl)cc4O)CC3)[C@@H](CC)C2)nc1N. The molecule has 1 aromatic carbocycles. The van der Waals surface area contributed by atoms with Crippen LogP contribution in [0.3, 0.4) is 0 Å². The summed E-state index contributed by atoms with van der Waals surface area (Å²) in [7, 11) is 0. The number of likely N-dealkylation sites (tertiary alicyclic amines) is 1. The number of halogens is 2. The minimum atomic E-state index is -0.353. The molecule has 0 spiro atoms. The van der Waals surface area contributed by atoms with Gasteiger partial charge in [-0.25, -0.2) is 9.97 Å². The lowest BCUT2D eigenvalue weighted by molar-refractivity contribution is 0.0608. The molecular weight excluding hydrogens is 513 g/mol. The maximum atomic E-state index is 12.3. The van der Waals surface area contributed by atoms with E-state index < -0.39 is 0 Å². The van der Waals surface area contributed by atoms with Crippen molar-refractivity contribution in [2.75, 3.05) is 49.9 Å². The van der Waals surface area contributed by atoms with Crippen molar-refractivity contribution in [1.29, 1.82) is 0 Å². The van der Waals surface area contributed by atoms with Gasteiger partial charge >= 0.3 is 0 Å². The Labute approximate surface area is 228 Å². The monoisotopic (exact) mass is 549 g/mol. The van der Waals surface area contributed by atoms with Gasteiger partial charge in [0, 0.05) is 55.4 Å². The first-order valence-corrected chi connectivity index (χ1v) is 13.9. The van der Waals surface area contributed by atoms with E-state index in [1.165, 1.54) is 0 Å².